The number of carbonyl (C=O) groups excluding carboxylic acids is 1. The molecule has 0 bridgehead atoms. The van der Waals surface area contributed by atoms with Gasteiger partial charge in [-0.2, -0.15) is 5.10 Å². The average Bonchev–Trinajstić information content (AvgIpc) is 3.12. The summed E-state index contributed by atoms with van der Waals surface area (Å²) < 4.78 is 1.79. The van der Waals surface area contributed by atoms with Crippen LogP contribution >= 0.6 is 11.6 Å². The molecule has 146 valence electrons. The van der Waals surface area contributed by atoms with E-state index in [4.69, 9.17) is 11.6 Å². The fourth-order valence-electron chi connectivity index (χ4n) is 2.26. The molecule has 2 aromatic rings. The van der Waals surface area contributed by atoms with E-state index in [9.17, 15) is 4.79 Å². The fraction of sp³-hybridized carbons (Fsp3) is 0.421. The van der Waals surface area contributed by atoms with Crippen molar-refractivity contribution in [1.82, 2.24) is 25.7 Å². The number of aliphatic imine (C=N–C) groups is 1. The summed E-state index contributed by atoms with van der Waals surface area (Å²) in [6.45, 7) is 8.17. The molecule has 0 aliphatic rings. The molecule has 2 rings (SSSR count). The van der Waals surface area contributed by atoms with Crippen molar-refractivity contribution >= 4 is 23.5 Å². The molecule has 1 heterocycles. The summed E-state index contributed by atoms with van der Waals surface area (Å²) in [6, 6.07) is 7.50. The monoisotopic (exact) mass is 390 g/mol. The normalized spacial score (nSPS) is 11.5. The molecular weight excluding hydrogens is 364 g/mol. The van der Waals surface area contributed by atoms with Gasteiger partial charge in [-0.3, -0.25) is 4.79 Å². The van der Waals surface area contributed by atoms with E-state index in [1.54, 1.807) is 10.9 Å². The van der Waals surface area contributed by atoms with E-state index < -0.39 is 0 Å². The second-order valence-corrected chi connectivity index (χ2v) is 6.77. The maximum atomic E-state index is 11.6. The molecule has 0 fully saturated rings. The van der Waals surface area contributed by atoms with Crippen LogP contribution in [0.2, 0.25) is 5.02 Å². The van der Waals surface area contributed by atoms with Crippen LogP contribution in [0.1, 0.15) is 26.3 Å². The molecule has 0 aliphatic carbocycles. The quantitative estimate of drug-likeness (QED) is 0.367. The molecule has 3 N–H and O–H groups in total. The molecule has 0 aliphatic heterocycles. The van der Waals surface area contributed by atoms with Gasteiger partial charge >= 0.3 is 0 Å². The number of guanidine groups is 1. The van der Waals surface area contributed by atoms with Crippen LogP contribution in [-0.2, 0) is 11.3 Å². The van der Waals surface area contributed by atoms with Gasteiger partial charge in [0.05, 0.1) is 18.4 Å². The third-order valence-electron chi connectivity index (χ3n) is 3.73. The molecule has 0 spiro atoms. The van der Waals surface area contributed by atoms with Crippen LogP contribution in [0.15, 0.2) is 41.7 Å². The standard InChI is InChI=1S/C19H27ClN6O/c1-4-21-19(23-10-9-22-18(27)14(2)3)24-11-15-12-25-26(13-15)17-7-5-16(20)6-8-17/h5-8,12-14H,4,9-11H2,1-3H3,(H,22,27)(H2,21,23,24). The molecule has 7 nitrogen and oxygen atoms in total. The predicted octanol–water partition coefficient (Wildman–Crippen LogP) is 2.35. The van der Waals surface area contributed by atoms with Gasteiger partial charge < -0.3 is 16.0 Å². The Morgan fingerprint density at radius 1 is 1.19 bits per heavy atom. The molecule has 1 aromatic carbocycles. The first-order valence-electron chi connectivity index (χ1n) is 9.09. The third-order valence-corrected chi connectivity index (χ3v) is 3.98. The van der Waals surface area contributed by atoms with Gasteiger partial charge in [-0.25, -0.2) is 9.67 Å². The molecule has 0 saturated heterocycles. The van der Waals surface area contributed by atoms with Crippen molar-refractivity contribution in [3.8, 4) is 5.69 Å². The van der Waals surface area contributed by atoms with Crippen LogP contribution in [0.3, 0.4) is 0 Å². The minimum absolute atomic E-state index is 0.0101. The number of nitrogens with one attached hydrogen (secondary N) is 3. The van der Waals surface area contributed by atoms with E-state index in [1.165, 1.54) is 0 Å². The first-order chi connectivity index (χ1) is 13.0. The van der Waals surface area contributed by atoms with E-state index >= 15 is 0 Å². The highest BCUT2D eigenvalue weighted by Crippen LogP contribution is 2.13. The number of hydrogen-bond acceptors (Lipinski definition) is 3. The Hall–Kier alpha value is -2.54. The number of nitrogens with zero attached hydrogens (tertiary/aromatic N) is 3. The van der Waals surface area contributed by atoms with Crippen molar-refractivity contribution in [2.45, 2.75) is 27.3 Å². The van der Waals surface area contributed by atoms with Gasteiger partial charge in [-0.1, -0.05) is 25.4 Å². The fourth-order valence-corrected chi connectivity index (χ4v) is 2.39. The van der Waals surface area contributed by atoms with Crippen molar-refractivity contribution in [1.29, 1.82) is 0 Å². The number of benzene rings is 1. The number of halogens is 1. The Bertz CT molecular complexity index is 754. The van der Waals surface area contributed by atoms with Crippen molar-refractivity contribution in [3.63, 3.8) is 0 Å². The van der Waals surface area contributed by atoms with Crippen molar-refractivity contribution in [3.05, 3.63) is 47.2 Å². The number of aromatic nitrogens is 2. The number of carbonyl (C=O) groups is 1. The Labute approximate surface area is 165 Å². The summed E-state index contributed by atoms with van der Waals surface area (Å²) in [7, 11) is 0. The summed E-state index contributed by atoms with van der Waals surface area (Å²) in [5.74, 6) is 0.743. The van der Waals surface area contributed by atoms with E-state index in [0.717, 1.165) is 17.8 Å². The smallest absolute Gasteiger partial charge is 0.222 e. The Morgan fingerprint density at radius 3 is 2.56 bits per heavy atom. The van der Waals surface area contributed by atoms with Crippen molar-refractivity contribution in [2.75, 3.05) is 19.6 Å². The van der Waals surface area contributed by atoms with Crippen LogP contribution in [0, 0.1) is 5.92 Å². The van der Waals surface area contributed by atoms with Gasteiger partial charge in [0.25, 0.3) is 0 Å². The number of rotatable bonds is 8. The Balaban J connectivity index is 1.88. The van der Waals surface area contributed by atoms with Gasteiger partial charge in [0, 0.05) is 42.3 Å². The lowest BCUT2D eigenvalue weighted by atomic mass is 10.2. The van der Waals surface area contributed by atoms with E-state index in [1.807, 2.05) is 51.2 Å². The van der Waals surface area contributed by atoms with Crippen LogP contribution in [0.4, 0.5) is 0 Å². The third kappa shape index (κ3) is 6.94. The van der Waals surface area contributed by atoms with Gasteiger partial charge in [0.15, 0.2) is 5.96 Å². The summed E-state index contributed by atoms with van der Waals surface area (Å²) in [4.78, 5) is 16.1. The lowest BCUT2D eigenvalue weighted by Gasteiger charge is -2.12. The minimum Gasteiger partial charge on any atom is -0.357 e. The highest BCUT2D eigenvalue weighted by molar-refractivity contribution is 6.30. The second kappa shape index (κ2) is 10.6. The van der Waals surface area contributed by atoms with Crippen LogP contribution in [0.5, 0.6) is 0 Å². The van der Waals surface area contributed by atoms with Crippen LogP contribution in [0.25, 0.3) is 5.69 Å². The first-order valence-corrected chi connectivity index (χ1v) is 9.46. The molecule has 1 amide bonds. The number of hydrogen-bond donors (Lipinski definition) is 3. The average molecular weight is 391 g/mol. The second-order valence-electron chi connectivity index (χ2n) is 6.34. The first kappa shape index (κ1) is 20.8. The molecule has 0 atom stereocenters. The molecule has 1 aromatic heterocycles. The Morgan fingerprint density at radius 2 is 1.89 bits per heavy atom. The molecule has 0 saturated carbocycles. The topological polar surface area (TPSA) is 83.3 Å². The van der Waals surface area contributed by atoms with Gasteiger partial charge in [0.2, 0.25) is 5.91 Å². The minimum atomic E-state index is -0.0101. The molecular formula is C19H27ClN6O. The van der Waals surface area contributed by atoms with E-state index in [-0.39, 0.29) is 11.8 Å². The zero-order chi connectivity index (χ0) is 19.6. The van der Waals surface area contributed by atoms with E-state index in [0.29, 0.717) is 30.6 Å². The zero-order valence-corrected chi connectivity index (χ0v) is 16.8. The zero-order valence-electron chi connectivity index (χ0n) is 16.0. The van der Waals surface area contributed by atoms with Gasteiger partial charge in [-0.05, 0) is 31.2 Å². The number of amides is 1. The maximum Gasteiger partial charge on any atom is 0.222 e. The van der Waals surface area contributed by atoms with Crippen LogP contribution < -0.4 is 16.0 Å². The predicted molar refractivity (Wildman–Crippen MR) is 109 cm³/mol. The van der Waals surface area contributed by atoms with E-state index in [2.05, 4.69) is 26.0 Å². The van der Waals surface area contributed by atoms with Gasteiger partial charge in [0.1, 0.15) is 0 Å². The van der Waals surface area contributed by atoms with Crippen molar-refractivity contribution in [2.24, 2.45) is 10.9 Å². The summed E-state index contributed by atoms with van der Waals surface area (Å²) in [6.07, 6.45) is 3.74. The van der Waals surface area contributed by atoms with Gasteiger partial charge in [-0.15, -0.1) is 0 Å². The van der Waals surface area contributed by atoms with Crippen molar-refractivity contribution < 1.29 is 4.79 Å². The molecule has 8 heteroatoms. The molecule has 27 heavy (non-hydrogen) atoms. The highest BCUT2D eigenvalue weighted by Gasteiger charge is 2.05. The maximum absolute atomic E-state index is 11.6. The molecule has 0 radical (unpaired) electrons. The largest absolute Gasteiger partial charge is 0.357 e. The summed E-state index contributed by atoms with van der Waals surface area (Å²) in [5, 5.41) is 14.3. The lowest BCUT2D eigenvalue weighted by molar-refractivity contribution is -0.123. The molecule has 0 unspecified atom stereocenters. The Kier molecular flexibility index (Phi) is 8.13. The summed E-state index contributed by atoms with van der Waals surface area (Å²) in [5.41, 5.74) is 1.94. The SMILES string of the molecule is CCNC(=NCc1cnn(-c2ccc(Cl)cc2)c1)NCCNC(=O)C(C)C. The highest BCUT2D eigenvalue weighted by atomic mass is 35.5. The lowest BCUT2D eigenvalue weighted by Crippen LogP contribution is -2.42. The summed E-state index contributed by atoms with van der Waals surface area (Å²) >= 11 is 5.92. The van der Waals surface area contributed by atoms with Crippen LogP contribution in [-0.4, -0.2) is 41.3 Å².